The molecular weight excluding hydrogens is 355 g/mol. The molecule has 0 amide bonds. The largest absolute Gasteiger partial charge is 0.409 e. The molecule has 1 unspecified atom stereocenters. The Kier molecular flexibility index (Phi) is 4.31. The van der Waals surface area contributed by atoms with E-state index in [9.17, 15) is 21.6 Å². The quantitative estimate of drug-likeness (QED) is 0.872. The Morgan fingerprint density at radius 2 is 1.60 bits per heavy atom. The maximum atomic E-state index is 13.1. The smallest absolute Gasteiger partial charge is 0.276 e. The highest BCUT2D eigenvalue weighted by Crippen LogP contribution is 2.34. The number of alkyl halides is 3. The monoisotopic (exact) mass is 369 g/mol. The van der Waals surface area contributed by atoms with Crippen LogP contribution >= 0.6 is 0 Å². The molecule has 1 heterocycles. The molecule has 0 bridgehead atoms. The summed E-state index contributed by atoms with van der Waals surface area (Å²) in [6, 6.07) is 12.0. The molecular formula is C16H14F3N3O2S. The Labute approximate surface area is 142 Å². The lowest BCUT2D eigenvalue weighted by Gasteiger charge is -2.25. The van der Waals surface area contributed by atoms with Crippen molar-refractivity contribution in [3.63, 3.8) is 0 Å². The molecule has 0 saturated carbocycles. The normalized spacial score (nSPS) is 18.3. The van der Waals surface area contributed by atoms with Gasteiger partial charge in [-0.3, -0.25) is 5.01 Å². The summed E-state index contributed by atoms with van der Waals surface area (Å²) in [5.41, 5.74) is 3.66. The summed E-state index contributed by atoms with van der Waals surface area (Å²) in [5.74, 6) is 0. The second-order valence-electron chi connectivity index (χ2n) is 5.44. The predicted molar refractivity (Wildman–Crippen MR) is 87.7 cm³/mol. The summed E-state index contributed by atoms with van der Waals surface area (Å²) in [6.07, 6.45) is -3.38. The zero-order chi connectivity index (χ0) is 18.2. The fraction of sp³-hybridized carbons (Fsp3) is 0.125. The molecule has 0 radical (unpaired) electrons. The molecule has 1 atom stereocenters. The molecule has 2 aromatic rings. The minimum absolute atomic E-state index is 0.118. The standard InChI is InChI=1S/C16H14F3N3O2S/c17-16(18,19)15-10-14(11-4-2-1-3-5-11)22(21-15)12-6-8-13(9-7-12)25(20,23)24/h1-10,15,21H,(H2,20,23,24). The summed E-state index contributed by atoms with van der Waals surface area (Å²) in [4.78, 5) is -0.118. The minimum Gasteiger partial charge on any atom is -0.276 e. The lowest BCUT2D eigenvalue weighted by atomic mass is 10.1. The summed E-state index contributed by atoms with van der Waals surface area (Å²) in [7, 11) is -3.88. The van der Waals surface area contributed by atoms with Gasteiger partial charge in [0.05, 0.1) is 16.3 Å². The SMILES string of the molecule is NS(=O)(=O)c1ccc(N2NC(C(F)(F)F)C=C2c2ccccc2)cc1. The van der Waals surface area contributed by atoms with Gasteiger partial charge in [0.25, 0.3) is 0 Å². The average molecular weight is 369 g/mol. The van der Waals surface area contributed by atoms with Gasteiger partial charge in [0.2, 0.25) is 10.0 Å². The molecule has 0 aromatic heterocycles. The number of nitrogens with zero attached hydrogens (tertiary/aromatic N) is 1. The van der Waals surface area contributed by atoms with Gasteiger partial charge in [0.15, 0.2) is 0 Å². The van der Waals surface area contributed by atoms with Crippen LogP contribution in [-0.4, -0.2) is 20.6 Å². The fourth-order valence-corrected chi connectivity index (χ4v) is 2.99. The number of nitrogens with one attached hydrogen (secondary N) is 1. The van der Waals surface area contributed by atoms with Crippen molar-refractivity contribution >= 4 is 21.4 Å². The number of hydrazine groups is 1. The summed E-state index contributed by atoms with van der Waals surface area (Å²) >= 11 is 0. The Bertz CT molecular complexity index is 894. The molecule has 132 valence electrons. The van der Waals surface area contributed by atoms with Crippen molar-refractivity contribution in [3.8, 4) is 0 Å². The fourth-order valence-electron chi connectivity index (χ4n) is 2.48. The van der Waals surface area contributed by atoms with Crippen molar-refractivity contribution in [1.29, 1.82) is 0 Å². The van der Waals surface area contributed by atoms with Crippen LogP contribution in [0.2, 0.25) is 0 Å². The molecule has 0 saturated heterocycles. The van der Waals surface area contributed by atoms with Crippen LogP contribution in [0.15, 0.2) is 65.6 Å². The molecule has 0 aliphatic carbocycles. The van der Waals surface area contributed by atoms with Gasteiger partial charge in [0, 0.05) is 0 Å². The number of hydrogen-bond donors (Lipinski definition) is 2. The van der Waals surface area contributed by atoms with E-state index in [1.807, 2.05) is 0 Å². The Hall–Kier alpha value is -2.36. The second kappa shape index (κ2) is 6.17. The highest BCUT2D eigenvalue weighted by Gasteiger charge is 2.43. The third kappa shape index (κ3) is 3.68. The van der Waals surface area contributed by atoms with Crippen LogP contribution < -0.4 is 15.6 Å². The zero-order valence-electron chi connectivity index (χ0n) is 12.7. The summed E-state index contributed by atoms with van der Waals surface area (Å²) in [5, 5.41) is 6.32. The molecule has 0 fully saturated rings. The number of halogens is 3. The van der Waals surface area contributed by atoms with Gasteiger partial charge in [0.1, 0.15) is 6.04 Å². The van der Waals surface area contributed by atoms with Gasteiger partial charge in [-0.2, -0.15) is 13.2 Å². The molecule has 3 N–H and O–H groups in total. The first kappa shape index (κ1) is 17.5. The molecule has 25 heavy (non-hydrogen) atoms. The molecule has 9 heteroatoms. The van der Waals surface area contributed by atoms with Crippen LogP contribution in [0, 0.1) is 0 Å². The number of rotatable bonds is 3. The van der Waals surface area contributed by atoms with Crippen molar-refractivity contribution in [3.05, 3.63) is 66.2 Å². The minimum atomic E-state index is -4.46. The highest BCUT2D eigenvalue weighted by molar-refractivity contribution is 7.89. The van der Waals surface area contributed by atoms with E-state index < -0.39 is 22.2 Å². The molecule has 1 aliphatic rings. The van der Waals surface area contributed by atoms with E-state index in [0.29, 0.717) is 16.9 Å². The third-order valence-electron chi connectivity index (χ3n) is 3.68. The van der Waals surface area contributed by atoms with E-state index in [1.54, 1.807) is 30.3 Å². The maximum absolute atomic E-state index is 13.1. The van der Waals surface area contributed by atoms with E-state index in [-0.39, 0.29) is 4.90 Å². The van der Waals surface area contributed by atoms with Gasteiger partial charge in [-0.1, -0.05) is 30.3 Å². The Balaban J connectivity index is 2.00. The predicted octanol–water partition coefficient (Wildman–Crippen LogP) is 2.63. The lowest BCUT2D eigenvalue weighted by Crippen LogP contribution is -2.44. The molecule has 3 rings (SSSR count). The van der Waals surface area contributed by atoms with Crippen LogP contribution in [-0.2, 0) is 10.0 Å². The van der Waals surface area contributed by atoms with E-state index >= 15 is 0 Å². The number of sulfonamides is 1. The second-order valence-corrected chi connectivity index (χ2v) is 7.00. The molecule has 2 aromatic carbocycles. The van der Waals surface area contributed by atoms with Gasteiger partial charge >= 0.3 is 6.18 Å². The van der Waals surface area contributed by atoms with E-state index in [2.05, 4.69) is 5.43 Å². The van der Waals surface area contributed by atoms with Crippen LogP contribution in [0.25, 0.3) is 5.70 Å². The number of nitrogens with two attached hydrogens (primary N) is 1. The summed E-state index contributed by atoms with van der Waals surface area (Å²) in [6.45, 7) is 0. The topological polar surface area (TPSA) is 75.4 Å². The number of primary sulfonamides is 1. The maximum Gasteiger partial charge on any atom is 0.409 e. The number of anilines is 1. The average Bonchev–Trinajstić information content (AvgIpc) is 3.00. The van der Waals surface area contributed by atoms with E-state index in [4.69, 9.17) is 5.14 Å². The van der Waals surface area contributed by atoms with Crippen LogP contribution in [0.5, 0.6) is 0 Å². The van der Waals surface area contributed by atoms with Crippen molar-refractivity contribution in [2.45, 2.75) is 17.1 Å². The van der Waals surface area contributed by atoms with Gasteiger partial charge in [-0.25, -0.2) is 19.0 Å². The van der Waals surface area contributed by atoms with Crippen LogP contribution in [0.4, 0.5) is 18.9 Å². The number of benzene rings is 2. The zero-order valence-corrected chi connectivity index (χ0v) is 13.6. The Morgan fingerprint density at radius 1 is 1.00 bits per heavy atom. The van der Waals surface area contributed by atoms with E-state index in [1.165, 1.54) is 29.3 Å². The van der Waals surface area contributed by atoms with Gasteiger partial charge < -0.3 is 0 Å². The highest BCUT2D eigenvalue weighted by atomic mass is 32.2. The van der Waals surface area contributed by atoms with Crippen molar-refractivity contribution < 1.29 is 21.6 Å². The van der Waals surface area contributed by atoms with Crippen LogP contribution in [0.3, 0.4) is 0 Å². The molecule has 0 spiro atoms. The first-order chi connectivity index (χ1) is 11.7. The first-order valence-electron chi connectivity index (χ1n) is 7.19. The Morgan fingerprint density at radius 3 is 2.12 bits per heavy atom. The van der Waals surface area contributed by atoms with Gasteiger partial charge in [-0.05, 0) is 35.9 Å². The van der Waals surface area contributed by atoms with Crippen molar-refractivity contribution in [1.82, 2.24) is 5.43 Å². The molecule has 5 nitrogen and oxygen atoms in total. The first-order valence-corrected chi connectivity index (χ1v) is 8.74. The van der Waals surface area contributed by atoms with Crippen molar-refractivity contribution in [2.24, 2.45) is 5.14 Å². The van der Waals surface area contributed by atoms with E-state index in [0.717, 1.165) is 6.08 Å². The third-order valence-corrected chi connectivity index (χ3v) is 4.61. The lowest BCUT2D eigenvalue weighted by molar-refractivity contribution is -0.142. The van der Waals surface area contributed by atoms with Crippen molar-refractivity contribution in [2.75, 3.05) is 5.01 Å². The number of hydrogen-bond acceptors (Lipinski definition) is 4. The molecule has 1 aliphatic heterocycles. The van der Waals surface area contributed by atoms with Crippen LogP contribution in [0.1, 0.15) is 5.56 Å². The summed E-state index contributed by atoms with van der Waals surface area (Å²) < 4.78 is 62.0. The van der Waals surface area contributed by atoms with Gasteiger partial charge in [-0.15, -0.1) is 0 Å².